The van der Waals surface area contributed by atoms with Crippen molar-refractivity contribution in [3.63, 3.8) is 0 Å². The first kappa shape index (κ1) is 21.5. The molecule has 5 heteroatoms. The number of aromatic nitrogens is 2. The lowest BCUT2D eigenvalue weighted by atomic mass is 9.98. The number of nitrogens with zero attached hydrogens (tertiary/aromatic N) is 2. The van der Waals surface area contributed by atoms with Crippen LogP contribution in [0.5, 0.6) is 0 Å². The number of nitrogens with one attached hydrogen (secondary N) is 1. The Labute approximate surface area is 187 Å². The van der Waals surface area contributed by atoms with Crippen LogP contribution in [0.1, 0.15) is 35.6 Å². The molecule has 4 aromatic rings. The summed E-state index contributed by atoms with van der Waals surface area (Å²) in [4.78, 5) is 29.9. The fraction of sp³-hybridized carbons (Fsp3) is 0.222. The Bertz CT molecular complexity index is 1250. The molecule has 1 aromatic heterocycles. The normalized spacial score (nSPS) is 11.9. The first-order valence-electron chi connectivity index (χ1n) is 10.9. The quantitative estimate of drug-likeness (QED) is 0.449. The van der Waals surface area contributed by atoms with E-state index in [-0.39, 0.29) is 17.5 Å². The van der Waals surface area contributed by atoms with Crippen molar-refractivity contribution >= 4 is 16.8 Å². The Morgan fingerprint density at radius 1 is 0.969 bits per heavy atom. The molecule has 0 aliphatic heterocycles. The molecule has 5 nitrogen and oxygen atoms in total. The molecule has 0 spiro atoms. The number of hydrogen-bond acceptors (Lipinski definition) is 3. The van der Waals surface area contributed by atoms with Gasteiger partial charge in [0.25, 0.3) is 5.56 Å². The molecule has 1 atom stereocenters. The van der Waals surface area contributed by atoms with Crippen molar-refractivity contribution in [1.82, 2.24) is 14.9 Å². The maximum atomic E-state index is 12.7. The maximum Gasteiger partial charge on any atom is 0.261 e. The van der Waals surface area contributed by atoms with E-state index in [4.69, 9.17) is 0 Å². The van der Waals surface area contributed by atoms with E-state index in [0.29, 0.717) is 24.8 Å². The smallest absolute Gasteiger partial charge is 0.261 e. The fourth-order valence-electron chi connectivity index (χ4n) is 3.96. The van der Waals surface area contributed by atoms with Gasteiger partial charge in [-0.2, -0.15) is 0 Å². The van der Waals surface area contributed by atoms with Crippen LogP contribution in [0.25, 0.3) is 10.9 Å². The standard InChI is InChI=1S/C27H27N3O2/c1-20-10-8-15-23-26(20)28-19-30(27(23)32)17-9-16-25(31)29-24(22-13-6-3-7-14-22)18-21-11-4-2-5-12-21/h2-8,10-15,19,24H,9,16-18H2,1H3,(H,29,31)/t24-/m1/s1. The second kappa shape index (κ2) is 10.1. The number of carbonyl (C=O) groups excluding carboxylic acids is 1. The van der Waals surface area contributed by atoms with E-state index in [2.05, 4.69) is 22.4 Å². The van der Waals surface area contributed by atoms with Crippen molar-refractivity contribution in [2.75, 3.05) is 0 Å². The van der Waals surface area contributed by atoms with Crippen LogP contribution < -0.4 is 10.9 Å². The number of amides is 1. The Morgan fingerprint density at radius 2 is 1.69 bits per heavy atom. The average Bonchev–Trinajstić information content (AvgIpc) is 2.82. The summed E-state index contributed by atoms with van der Waals surface area (Å²) in [7, 11) is 0. The van der Waals surface area contributed by atoms with Crippen molar-refractivity contribution in [3.05, 3.63) is 112 Å². The lowest BCUT2D eigenvalue weighted by molar-refractivity contribution is -0.122. The molecule has 1 heterocycles. The molecule has 1 N–H and O–H groups in total. The molecule has 0 bridgehead atoms. The molecule has 32 heavy (non-hydrogen) atoms. The van der Waals surface area contributed by atoms with Gasteiger partial charge in [0, 0.05) is 13.0 Å². The van der Waals surface area contributed by atoms with Crippen LogP contribution in [0.3, 0.4) is 0 Å². The third kappa shape index (κ3) is 5.11. The summed E-state index contributed by atoms with van der Waals surface area (Å²) in [5.74, 6) is -0.0209. The van der Waals surface area contributed by atoms with Crippen LogP contribution in [-0.4, -0.2) is 15.5 Å². The van der Waals surface area contributed by atoms with E-state index >= 15 is 0 Å². The molecule has 4 rings (SSSR count). The molecular formula is C27H27N3O2. The summed E-state index contributed by atoms with van der Waals surface area (Å²) in [6, 6.07) is 25.7. The van der Waals surface area contributed by atoms with Gasteiger partial charge in [0.15, 0.2) is 0 Å². The summed E-state index contributed by atoms with van der Waals surface area (Å²) < 4.78 is 1.59. The van der Waals surface area contributed by atoms with E-state index in [1.807, 2.05) is 67.6 Å². The highest BCUT2D eigenvalue weighted by Gasteiger charge is 2.15. The maximum absolute atomic E-state index is 12.7. The van der Waals surface area contributed by atoms with Gasteiger partial charge in [-0.25, -0.2) is 4.98 Å². The van der Waals surface area contributed by atoms with Crippen LogP contribution in [0.15, 0.2) is 90.0 Å². The van der Waals surface area contributed by atoms with Gasteiger partial charge in [0.05, 0.1) is 23.3 Å². The number of rotatable bonds is 8. The number of para-hydroxylation sites is 1. The number of fused-ring (bicyclic) bond motifs is 1. The minimum Gasteiger partial charge on any atom is -0.349 e. The van der Waals surface area contributed by atoms with Gasteiger partial charge in [-0.3, -0.25) is 14.2 Å². The first-order valence-corrected chi connectivity index (χ1v) is 10.9. The molecule has 0 fully saturated rings. The Morgan fingerprint density at radius 3 is 2.44 bits per heavy atom. The van der Waals surface area contributed by atoms with Crippen molar-refractivity contribution < 1.29 is 4.79 Å². The first-order chi connectivity index (χ1) is 15.6. The monoisotopic (exact) mass is 425 g/mol. The SMILES string of the molecule is Cc1cccc2c(=O)n(CCCC(=O)N[C@H](Cc3ccccc3)c3ccccc3)cnc12. The molecule has 0 unspecified atom stereocenters. The van der Waals surface area contributed by atoms with Crippen LogP contribution >= 0.6 is 0 Å². The third-order valence-electron chi connectivity index (χ3n) is 5.68. The van der Waals surface area contributed by atoms with E-state index in [0.717, 1.165) is 23.1 Å². The molecule has 0 saturated carbocycles. The number of carbonyl (C=O) groups is 1. The Kier molecular flexibility index (Phi) is 6.75. The van der Waals surface area contributed by atoms with Gasteiger partial charge in [0.2, 0.25) is 5.91 Å². The number of aryl methyl sites for hydroxylation is 2. The number of hydrogen-bond donors (Lipinski definition) is 1. The summed E-state index contributed by atoms with van der Waals surface area (Å²) in [6.07, 6.45) is 3.22. The van der Waals surface area contributed by atoms with E-state index in [1.165, 1.54) is 5.56 Å². The molecule has 162 valence electrons. The summed E-state index contributed by atoms with van der Waals surface area (Å²) in [6.45, 7) is 2.40. The van der Waals surface area contributed by atoms with Gasteiger partial charge in [-0.1, -0.05) is 72.8 Å². The van der Waals surface area contributed by atoms with Crippen molar-refractivity contribution in [1.29, 1.82) is 0 Å². The lowest BCUT2D eigenvalue weighted by Crippen LogP contribution is -2.30. The summed E-state index contributed by atoms with van der Waals surface area (Å²) >= 11 is 0. The summed E-state index contributed by atoms with van der Waals surface area (Å²) in [5, 5.41) is 3.79. The molecule has 0 aliphatic rings. The molecule has 0 aliphatic carbocycles. The van der Waals surface area contributed by atoms with Crippen molar-refractivity contribution in [3.8, 4) is 0 Å². The van der Waals surface area contributed by atoms with Crippen LogP contribution in [0.4, 0.5) is 0 Å². The van der Waals surface area contributed by atoms with Crippen LogP contribution in [0, 0.1) is 6.92 Å². The minimum atomic E-state index is -0.0980. The highest BCUT2D eigenvalue weighted by atomic mass is 16.1. The Balaban J connectivity index is 1.40. The number of benzene rings is 3. The minimum absolute atomic E-state index is 0.0209. The van der Waals surface area contributed by atoms with Gasteiger partial charge in [-0.05, 0) is 42.5 Å². The molecule has 3 aromatic carbocycles. The lowest BCUT2D eigenvalue weighted by Gasteiger charge is -2.20. The second-order valence-electron chi connectivity index (χ2n) is 8.04. The topological polar surface area (TPSA) is 64.0 Å². The predicted octanol–water partition coefficient (Wildman–Crippen LogP) is 4.59. The zero-order valence-corrected chi connectivity index (χ0v) is 18.2. The van der Waals surface area contributed by atoms with Gasteiger partial charge in [0.1, 0.15) is 0 Å². The Hall–Kier alpha value is -3.73. The van der Waals surface area contributed by atoms with Crippen molar-refractivity contribution in [2.24, 2.45) is 0 Å². The van der Waals surface area contributed by atoms with Gasteiger partial charge >= 0.3 is 0 Å². The predicted molar refractivity (Wildman–Crippen MR) is 127 cm³/mol. The van der Waals surface area contributed by atoms with E-state index < -0.39 is 0 Å². The molecule has 1 amide bonds. The zero-order chi connectivity index (χ0) is 22.3. The largest absolute Gasteiger partial charge is 0.349 e. The van der Waals surface area contributed by atoms with Gasteiger partial charge in [-0.15, -0.1) is 0 Å². The highest BCUT2D eigenvalue weighted by molar-refractivity contribution is 5.80. The van der Waals surface area contributed by atoms with E-state index in [9.17, 15) is 9.59 Å². The summed E-state index contributed by atoms with van der Waals surface area (Å²) in [5.41, 5.74) is 3.90. The fourth-order valence-corrected chi connectivity index (χ4v) is 3.96. The van der Waals surface area contributed by atoms with Crippen LogP contribution in [-0.2, 0) is 17.8 Å². The molecular weight excluding hydrogens is 398 g/mol. The molecule has 0 saturated heterocycles. The average molecular weight is 426 g/mol. The van der Waals surface area contributed by atoms with Gasteiger partial charge < -0.3 is 5.32 Å². The molecule has 0 radical (unpaired) electrons. The second-order valence-corrected chi connectivity index (χ2v) is 8.04. The zero-order valence-electron chi connectivity index (χ0n) is 18.2. The third-order valence-corrected chi connectivity index (χ3v) is 5.68. The highest BCUT2D eigenvalue weighted by Crippen LogP contribution is 2.19. The van der Waals surface area contributed by atoms with Crippen molar-refractivity contribution in [2.45, 2.75) is 38.8 Å². The van der Waals surface area contributed by atoms with E-state index in [1.54, 1.807) is 17.0 Å². The van der Waals surface area contributed by atoms with Crippen LogP contribution in [0.2, 0.25) is 0 Å².